The Kier molecular flexibility index (Phi) is 6.60. The molecular weight excluding hydrogens is 546 g/mol. The molecule has 1 fully saturated rings. The number of rotatable bonds is 5. The van der Waals surface area contributed by atoms with Gasteiger partial charge in [-0.2, -0.15) is 0 Å². The molecular formula is C27H28F2N4O6S. The number of ether oxygens (including phenoxy) is 1. The molecule has 2 aromatic rings. The van der Waals surface area contributed by atoms with Crippen LogP contribution in [0.2, 0.25) is 0 Å². The fourth-order valence-corrected chi connectivity index (χ4v) is 6.11. The largest absolute Gasteiger partial charge is 0.443 e. The van der Waals surface area contributed by atoms with Gasteiger partial charge >= 0.3 is 6.09 Å². The van der Waals surface area contributed by atoms with Gasteiger partial charge in [-0.15, -0.1) is 0 Å². The first-order valence-electron chi connectivity index (χ1n) is 12.7. The van der Waals surface area contributed by atoms with Crippen molar-refractivity contribution in [2.45, 2.75) is 62.4 Å². The van der Waals surface area contributed by atoms with Crippen molar-refractivity contribution in [1.29, 1.82) is 0 Å². The van der Waals surface area contributed by atoms with Crippen molar-refractivity contribution in [3.63, 3.8) is 0 Å². The zero-order chi connectivity index (χ0) is 29.0. The molecule has 5 rings (SSSR count). The van der Waals surface area contributed by atoms with Crippen LogP contribution in [-0.2, 0) is 29.8 Å². The molecule has 1 saturated carbocycles. The summed E-state index contributed by atoms with van der Waals surface area (Å²) < 4.78 is 61.3. The minimum atomic E-state index is -4.46. The highest BCUT2D eigenvalue weighted by atomic mass is 32.2. The van der Waals surface area contributed by atoms with Gasteiger partial charge in [-0.3, -0.25) is 14.3 Å². The Morgan fingerprint density at radius 1 is 1.12 bits per heavy atom. The van der Waals surface area contributed by atoms with E-state index in [0.717, 1.165) is 23.5 Å². The lowest BCUT2D eigenvalue weighted by Crippen LogP contribution is -2.43. The second kappa shape index (κ2) is 9.58. The molecule has 212 valence electrons. The molecule has 2 heterocycles. The maximum absolute atomic E-state index is 14.3. The van der Waals surface area contributed by atoms with Crippen LogP contribution in [0.15, 0.2) is 47.0 Å². The van der Waals surface area contributed by atoms with Crippen molar-refractivity contribution < 1.29 is 36.3 Å². The van der Waals surface area contributed by atoms with Crippen LogP contribution < -0.4 is 15.4 Å². The number of nitrogens with one attached hydrogen (secondary N) is 3. The van der Waals surface area contributed by atoms with Gasteiger partial charge in [-0.25, -0.2) is 26.9 Å². The van der Waals surface area contributed by atoms with E-state index < -0.39 is 49.6 Å². The van der Waals surface area contributed by atoms with Crippen molar-refractivity contribution in [2.24, 2.45) is 0 Å². The monoisotopic (exact) mass is 574 g/mol. The summed E-state index contributed by atoms with van der Waals surface area (Å²) in [5.41, 5.74) is 0.217. The molecule has 3 N–H and O–H groups in total. The maximum Gasteiger partial charge on any atom is 0.417 e. The van der Waals surface area contributed by atoms with Crippen molar-refractivity contribution in [1.82, 2.24) is 4.90 Å². The predicted molar refractivity (Wildman–Crippen MR) is 142 cm³/mol. The number of sulfonamides is 1. The van der Waals surface area contributed by atoms with Crippen LogP contribution in [0.25, 0.3) is 0 Å². The third kappa shape index (κ3) is 5.01. The Bertz CT molecular complexity index is 1580. The van der Waals surface area contributed by atoms with Crippen LogP contribution in [-0.4, -0.2) is 43.4 Å². The first-order valence-corrected chi connectivity index (χ1v) is 14.2. The molecule has 2 aliphatic heterocycles. The number of fused-ring (bicyclic) bond motifs is 2. The summed E-state index contributed by atoms with van der Waals surface area (Å²) in [6.45, 7) is 5.12. The van der Waals surface area contributed by atoms with E-state index in [0.29, 0.717) is 41.5 Å². The molecule has 3 aliphatic rings. The Balaban J connectivity index is 1.47. The number of anilines is 3. The van der Waals surface area contributed by atoms with Crippen LogP contribution in [0.1, 0.15) is 52.0 Å². The van der Waals surface area contributed by atoms with Crippen molar-refractivity contribution in [3.8, 4) is 0 Å². The van der Waals surface area contributed by atoms with Crippen LogP contribution in [0, 0.1) is 11.6 Å². The average molecular weight is 575 g/mol. The number of nitrogens with zero attached hydrogens (tertiary/aromatic N) is 1. The van der Waals surface area contributed by atoms with Crippen molar-refractivity contribution in [3.05, 3.63) is 59.3 Å². The lowest BCUT2D eigenvalue weighted by atomic mass is 9.65. The average Bonchev–Trinajstić information content (AvgIpc) is 3.09. The number of benzene rings is 2. The van der Waals surface area contributed by atoms with Crippen molar-refractivity contribution in [2.75, 3.05) is 21.9 Å². The minimum absolute atomic E-state index is 0.0429. The summed E-state index contributed by atoms with van der Waals surface area (Å²) in [4.78, 5) is 38.3. The SMILES string of the molecule is CC(C)(C)OC(=O)N1CCC(Nc2cc(NS(=O)(=O)c3ccc(F)cc3F)cc3c2NC(=O)C32CCC2)=CC1=O. The standard InChI is InChI=1S/C27H28F2N4O6S/c1-26(2,3)39-25(36)33-10-7-16(14-22(33)34)30-20-13-17(12-18-23(20)31-24(35)27(18)8-4-9-27)32-40(37,38)21-6-5-15(28)11-19(21)29/h5-6,11-14,30,32H,4,7-10H2,1-3H3,(H,31,35). The fraction of sp³-hybridized carbons (Fsp3) is 0.370. The van der Waals surface area contributed by atoms with E-state index in [2.05, 4.69) is 15.4 Å². The first kappa shape index (κ1) is 27.6. The summed E-state index contributed by atoms with van der Waals surface area (Å²) >= 11 is 0. The Labute approximate surface area is 229 Å². The molecule has 0 bridgehead atoms. The van der Waals surface area contributed by atoms with Crippen LogP contribution in [0.5, 0.6) is 0 Å². The lowest BCUT2D eigenvalue weighted by Gasteiger charge is -2.36. The number of hydrogen-bond acceptors (Lipinski definition) is 7. The molecule has 1 spiro atoms. The molecule has 3 amide bonds. The van der Waals surface area contributed by atoms with Crippen LogP contribution in [0.4, 0.5) is 30.6 Å². The highest BCUT2D eigenvalue weighted by Crippen LogP contribution is 2.54. The molecule has 0 radical (unpaired) electrons. The first-order chi connectivity index (χ1) is 18.7. The van der Waals surface area contributed by atoms with Gasteiger partial charge in [0.25, 0.3) is 15.9 Å². The van der Waals surface area contributed by atoms with E-state index in [1.165, 1.54) is 18.2 Å². The molecule has 40 heavy (non-hydrogen) atoms. The lowest BCUT2D eigenvalue weighted by molar-refractivity contribution is -0.126. The second-order valence-electron chi connectivity index (χ2n) is 11.0. The molecule has 2 aromatic carbocycles. The zero-order valence-electron chi connectivity index (χ0n) is 22.1. The van der Waals surface area contributed by atoms with E-state index in [4.69, 9.17) is 4.74 Å². The van der Waals surface area contributed by atoms with E-state index in [-0.39, 0.29) is 24.6 Å². The highest BCUT2D eigenvalue weighted by Gasteiger charge is 2.52. The van der Waals surface area contributed by atoms with Crippen LogP contribution >= 0.6 is 0 Å². The molecule has 0 unspecified atom stereocenters. The number of halogens is 2. The zero-order valence-corrected chi connectivity index (χ0v) is 22.9. The number of amides is 3. The van der Waals surface area contributed by atoms with Gasteiger partial charge in [0.05, 0.1) is 22.5 Å². The molecule has 0 atom stereocenters. The number of imide groups is 1. The summed E-state index contributed by atoms with van der Waals surface area (Å²) in [5, 5.41) is 5.97. The van der Waals surface area contributed by atoms with E-state index >= 15 is 0 Å². The Morgan fingerprint density at radius 3 is 2.45 bits per heavy atom. The third-order valence-electron chi connectivity index (χ3n) is 7.05. The smallest absolute Gasteiger partial charge is 0.417 e. The van der Waals surface area contributed by atoms with E-state index in [9.17, 15) is 31.6 Å². The molecule has 0 aromatic heterocycles. The van der Waals surface area contributed by atoms with Crippen molar-refractivity contribution >= 4 is 45.0 Å². The van der Waals surface area contributed by atoms with Gasteiger partial charge in [0, 0.05) is 30.8 Å². The fourth-order valence-electron chi connectivity index (χ4n) is 5.01. The van der Waals surface area contributed by atoms with Gasteiger partial charge in [0.15, 0.2) is 0 Å². The summed E-state index contributed by atoms with van der Waals surface area (Å²) in [7, 11) is -4.46. The Morgan fingerprint density at radius 2 is 1.85 bits per heavy atom. The normalized spacial score (nSPS) is 18.0. The van der Waals surface area contributed by atoms with Crippen LogP contribution in [0.3, 0.4) is 0 Å². The number of carbonyl (C=O) groups is 3. The van der Waals surface area contributed by atoms with E-state index in [1.54, 1.807) is 20.8 Å². The maximum atomic E-state index is 14.3. The topological polar surface area (TPSA) is 134 Å². The quantitative estimate of drug-likeness (QED) is 0.475. The second-order valence-corrected chi connectivity index (χ2v) is 12.7. The number of hydrogen-bond donors (Lipinski definition) is 3. The van der Waals surface area contributed by atoms with E-state index in [1.807, 2.05) is 0 Å². The Hall–Kier alpha value is -4.00. The molecule has 0 saturated heterocycles. The van der Waals surface area contributed by atoms with Gasteiger partial charge < -0.3 is 15.4 Å². The molecule has 1 aliphatic carbocycles. The minimum Gasteiger partial charge on any atom is -0.443 e. The van der Waals surface area contributed by atoms with Gasteiger partial charge in [-0.1, -0.05) is 6.42 Å². The molecule has 13 heteroatoms. The van der Waals surface area contributed by atoms with Gasteiger partial charge in [0.1, 0.15) is 22.1 Å². The summed E-state index contributed by atoms with van der Waals surface area (Å²) in [6, 6.07) is 5.09. The third-order valence-corrected chi connectivity index (χ3v) is 8.46. The highest BCUT2D eigenvalue weighted by molar-refractivity contribution is 7.92. The molecule has 10 nitrogen and oxygen atoms in total. The number of carbonyl (C=O) groups excluding carboxylic acids is 3. The summed E-state index contributed by atoms with van der Waals surface area (Å²) in [6.07, 6.45) is 2.67. The predicted octanol–water partition coefficient (Wildman–Crippen LogP) is 4.60. The van der Waals surface area contributed by atoms with Gasteiger partial charge in [-0.05, 0) is 63.4 Å². The summed E-state index contributed by atoms with van der Waals surface area (Å²) in [5.74, 6) is -2.98. The van der Waals surface area contributed by atoms with Gasteiger partial charge in [0.2, 0.25) is 5.91 Å².